The van der Waals surface area contributed by atoms with Crippen molar-refractivity contribution >= 4 is 50.6 Å². The topological polar surface area (TPSA) is 98.0 Å². The van der Waals surface area contributed by atoms with E-state index in [9.17, 15) is 14.9 Å². The van der Waals surface area contributed by atoms with Crippen LogP contribution in [0.3, 0.4) is 0 Å². The van der Waals surface area contributed by atoms with Gasteiger partial charge in [-0.1, -0.05) is 35.1 Å². The van der Waals surface area contributed by atoms with Crippen molar-refractivity contribution in [3.63, 3.8) is 0 Å². The average molecular weight is 411 g/mol. The summed E-state index contributed by atoms with van der Waals surface area (Å²) in [5.74, 6) is -0.531. The number of fused-ring (bicyclic) bond motifs is 1. The molecule has 0 radical (unpaired) electrons. The van der Waals surface area contributed by atoms with E-state index in [0.717, 1.165) is 27.0 Å². The molecule has 0 fully saturated rings. The summed E-state index contributed by atoms with van der Waals surface area (Å²) in [5, 5.41) is 14.6. The lowest BCUT2D eigenvalue weighted by Crippen LogP contribution is -2.12. The Bertz CT molecular complexity index is 1190. The van der Waals surface area contributed by atoms with Gasteiger partial charge in [0, 0.05) is 29.6 Å². The number of nitro benzene ring substituents is 1. The zero-order chi connectivity index (χ0) is 19.7. The van der Waals surface area contributed by atoms with Gasteiger partial charge in [-0.2, -0.15) is 0 Å². The zero-order valence-electron chi connectivity index (χ0n) is 14.1. The number of aromatic nitrogens is 2. The lowest BCUT2D eigenvalue weighted by Gasteiger charge is -2.08. The molecule has 7 nitrogen and oxygen atoms in total. The van der Waals surface area contributed by atoms with Gasteiger partial charge in [-0.25, -0.2) is 9.97 Å². The maximum atomic E-state index is 12.6. The number of nitrogens with zero attached hydrogens (tertiary/aromatic N) is 3. The number of benzene rings is 2. The number of rotatable bonds is 4. The van der Waals surface area contributed by atoms with E-state index in [1.54, 1.807) is 24.4 Å². The number of amides is 1. The van der Waals surface area contributed by atoms with E-state index in [-0.39, 0.29) is 16.3 Å². The highest BCUT2D eigenvalue weighted by atomic mass is 35.5. The Morgan fingerprint density at radius 2 is 2.00 bits per heavy atom. The number of nitrogens with one attached hydrogen (secondary N) is 1. The van der Waals surface area contributed by atoms with E-state index in [0.29, 0.717) is 5.69 Å². The van der Waals surface area contributed by atoms with Crippen molar-refractivity contribution in [2.75, 3.05) is 5.32 Å². The first-order valence-corrected chi connectivity index (χ1v) is 9.28. The largest absolute Gasteiger partial charge is 0.322 e. The van der Waals surface area contributed by atoms with E-state index in [2.05, 4.69) is 15.3 Å². The Morgan fingerprint density at radius 1 is 1.14 bits per heavy atom. The number of anilines is 1. The molecule has 4 rings (SSSR count). The van der Waals surface area contributed by atoms with Crippen LogP contribution in [0.2, 0.25) is 5.02 Å². The van der Waals surface area contributed by atoms with Crippen LogP contribution < -0.4 is 5.32 Å². The van der Waals surface area contributed by atoms with E-state index in [1.807, 2.05) is 18.2 Å². The van der Waals surface area contributed by atoms with Crippen LogP contribution in [0.5, 0.6) is 0 Å². The molecule has 0 unspecified atom stereocenters. The molecule has 0 aliphatic carbocycles. The SMILES string of the molecule is O=C(Nc1cccc(-c2nc3cccnc3s2)c1)c1cc([N+](=O)[O-])ccc1Cl. The summed E-state index contributed by atoms with van der Waals surface area (Å²) in [6.45, 7) is 0. The normalized spacial score (nSPS) is 10.8. The number of hydrogen-bond acceptors (Lipinski definition) is 6. The Labute approximate surface area is 167 Å². The highest BCUT2D eigenvalue weighted by Crippen LogP contribution is 2.30. The molecular formula is C19H11ClN4O3S. The highest BCUT2D eigenvalue weighted by molar-refractivity contribution is 7.21. The van der Waals surface area contributed by atoms with Crippen LogP contribution in [0.1, 0.15) is 10.4 Å². The molecule has 2 aromatic carbocycles. The van der Waals surface area contributed by atoms with Crippen molar-refractivity contribution in [2.24, 2.45) is 0 Å². The van der Waals surface area contributed by atoms with Crippen molar-refractivity contribution in [3.05, 3.63) is 81.5 Å². The molecule has 4 aromatic rings. The number of carbonyl (C=O) groups excluding carboxylic acids is 1. The molecule has 1 N–H and O–H groups in total. The van der Waals surface area contributed by atoms with Gasteiger partial charge in [0.25, 0.3) is 11.6 Å². The van der Waals surface area contributed by atoms with Gasteiger partial charge >= 0.3 is 0 Å². The van der Waals surface area contributed by atoms with Crippen LogP contribution in [0, 0.1) is 10.1 Å². The van der Waals surface area contributed by atoms with Gasteiger partial charge in [0.15, 0.2) is 0 Å². The minimum absolute atomic E-state index is 0.0328. The minimum Gasteiger partial charge on any atom is -0.322 e. The Morgan fingerprint density at radius 3 is 2.79 bits per heavy atom. The van der Waals surface area contributed by atoms with Gasteiger partial charge in [-0.3, -0.25) is 14.9 Å². The summed E-state index contributed by atoms with van der Waals surface area (Å²) in [7, 11) is 0. The molecule has 28 heavy (non-hydrogen) atoms. The van der Waals surface area contributed by atoms with Crippen LogP contribution in [-0.4, -0.2) is 20.8 Å². The zero-order valence-corrected chi connectivity index (χ0v) is 15.7. The van der Waals surface area contributed by atoms with Gasteiger partial charge in [-0.05, 0) is 30.3 Å². The molecule has 0 aliphatic heterocycles. The summed E-state index contributed by atoms with van der Waals surface area (Å²) in [5.41, 5.74) is 1.99. The Balaban J connectivity index is 1.62. The second-order valence-corrected chi connectivity index (χ2v) is 7.19. The maximum Gasteiger partial charge on any atom is 0.270 e. The summed E-state index contributed by atoms with van der Waals surface area (Å²) < 4.78 is 0. The molecule has 0 saturated heterocycles. The molecule has 0 saturated carbocycles. The average Bonchev–Trinajstić information content (AvgIpc) is 3.12. The lowest BCUT2D eigenvalue weighted by molar-refractivity contribution is -0.384. The third-order valence-corrected chi connectivity index (χ3v) is 5.30. The lowest BCUT2D eigenvalue weighted by atomic mass is 10.1. The van der Waals surface area contributed by atoms with Gasteiger partial charge < -0.3 is 5.32 Å². The fraction of sp³-hybridized carbons (Fsp3) is 0. The van der Waals surface area contributed by atoms with Crippen LogP contribution in [-0.2, 0) is 0 Å². The third kappa shape index (κ3) is 3.55. The fourth-order valence-electron chi connectivity index (χ4n) is 2.62. The van der Waals surface area contributed by atoms with Crippen molar-refractivity contribution in [1.82, 2.24) is 9.97 Å². The second-order valence-electron chi connectivity index (χ2n) is 5.80. The predicted molar refractivity (Wildman–Crippen MR) is 109 cm³/mol. The molecule has 0 bridgehead atoms. The number of pyridine rings is 1. The molecule has 138 valence electrons. The first kappa shape index (κ1) is 18.0. The van der Waals surface area contributed by atoms with Crippen LogP contribution in [0.15, 0.2) is 60.8 Å². The third-order valence-electron chi connectivity index (χ3n) is 3.94. The van der Waals surface area contributed by atoms with E-state index >= 15 is 0 Å². The number of non-ortho nitro benzene ring substituents is 1. The molecule has 9 heteroatoms. The second kappa shape index (κ2) is 7.34. The van der Waals surface area contributed by atoms with Crippen LogP contribution >= 0.6 is 22.9 Å². The van der Waals surface area contributed by atoms with Crippen molar-refractivity contribution < 1.29 is 9.72 Å². The highest BCUT2D eigenvalue weighted by Gasteiger charge is 2.16. The maximum absolute atomic E-state index is 12.6. The van der Waals surface area contributed by atoms with Crippen molar-refractivity contribution in [1.29, 1.82) is 0 Å². The Hall–Kier alpha value is -3.36. The van der Waals surface area contributed by atoms with Crippen molar-refractivity contribution in [3.8, 4) is 10.6 Å². The number of thiazole rings is 1. The summed E-state index contributed by atoms with van der Waals surface area (Å²) >= 11 is 7.49. The van der Waals surface area contributed by atoms with E-state index < -0.39 is 10.8 Å². The Kier molecular flexibility index (Phi) is 4.72. The number of halogens is 1. The number of carbonyl (C=O) groups is 1. The van der Waals surface area contributed by atoms with E-state index in [4.69, 9.17) is 11.6 Å². The smallest absolute Gasteiger partial charge is 0.270 e. The first-order chi connectivity index (χ1) is 13.5. The van der Waals surface area contributed by atoms with Gasteiger partial charge in [0.2, 0.25) is 0 Å². The monoisotopic (exact) mass is 410 g/mol. The summed E-state index contributed by atoms with van der Waals surface area (Å²) in [4.78, 5) is 32.6. The minimum atomic E-state index is -0.575. The molecule has 0 atom stereocenters. The first-order valence-electron chi connectivity index (χ1n) is 8.08. The van der Waals surface area contributed by atoms with Gasteiger partial charge in [-0.15, -0.1) is 0 Å². The van der Waals surface area contributed by atoms with E-state index in [1.165, 1.54) is 23.5 Å². The van der Waals surface area contributed by atoms with Gasteiger partial charge in [0.05, 0.1) is 15.5 Å². The van der Waals surface area contributed by atoms with Crippen LogP contribution in [0.25, 0.3) is 20.9 Å². The standard InChI is InChI=1S/C19H11ClN4O3S/c20-15-7-6-13(24(26)27)10-14(15)17(25)22-12-4-1-3-11(9-12)18-23-16-5-2-8-21-19(16)28-18/h1-10H,(H,22,25). The number of nitro groups is 1. The molecule has 1 amide bonds. The number of hydrogen-bond donors (Lipinski definition) is 1. The quantitative estimate of drug-likeness (QED) is 0.369. The van der Waals surface area contributed by atoms with Crippen LogP contribution in [0.4, 0.5) is 11.4 Å². The summed E-state index contributed by atoms with van der Waals surface area (Å²) in [6, 6.07) is 14.6. The molecule has 0 aliphatic rings. The molecule has 0 spiro atoms. The van der Waals surface area contributed by atoms with Crippen molar-refractivity contribution in [2.45, 2.75) is 0 Å². The molecule has 2 heterocycles. The fourth-order valence-corrected chi connectivity index (χ4v) is 3.73. The van der Waals surface area contributed by atoms with Gasteiger partial charge in [0.1, 0.15) is 15.4 Å². The molecule has 2 aromatic heterocycles. The summed E-state index contributed by atoms with van der Waals surface area (Å²) in [6.07, 6.45) is 1.71. The molecular weight excluding hydrogens is 400 g/mol. The predicted octanol–water partition coefficient (Wildman–Crippen LogP) is 5.17.